The molecule has 0 spiro atoms. The van der Waals surface area contributed by atoms with Crippen molar-refractivity contribution in [2.45, 2.75) is 69.6 Å². The van der Waals surface area contributed by atoms with Crippen LogP contribution in [0, 0.1) is 0 Å². The number of rotatable bonds is 13. The molecular formula is C18H29NO4S. The van der Waals surface area contributed by atoms with E-state index in [9.17, 15) is 13.2 Å². The third-order valence-electron chi connectivity index (χ3n) is 3.91. The van der Waals surface area contributed by atoms with E-state index in [-0.39, 0.29) is 11.3 Å². The fraction of sp³-hybridized carbons (Fsp3) is 0.611. The molecule has 0 saturated heterocycles. The van der Waals surface area contributed by atoms with Gasteiger partial charge in [-0.25, -0.2) is 13.1 Å². The number of carboxylic acids is 1. The molecule has 0 radical (unpaired) electrons. The van der Waals surface area contributed by atoms with Crippen molar-refractivity contribution in [2.75, 3.05) is 6.54 Å². The molecule has 0 unspecified atom stereocenters. The first kappa shape index (κ1) is 20.6. The van der Waals surface area contributed by atoms with Crippen LogP contribution in [0.3, 0.4) is 0 Å². The van der Waals surface area contributed by atoms with Gasteiger partial charge in [0.05, 0.1) is 4.90 Å². The number of aryl methyl sites for hydroxylation is 1. The molecule has 0 heterocycles. The zero-order valence-corrected chi connectivity index (χ0v) is 15.3. The summed E-state index contributed by atoms with van der Waals surface area (Å²) in [5.74, 6) is -0.814. The van der Waals surface area contributed by atoms with Gasteiger partial charge >= 0.3 is 5.97 Å². The van der Waals surface area contributed by atoms with Crippen LogP contribution < -0.4 is 4.72 Å². The molecule has 136 valence electrons. The van der Waals surface area contributed by atoms with E-state index in [2.05, 4.69) is 11.6 Å². The van der Waals surface area contributed by atoms with Crippen molar-refractivity contribution in [2.24, 2.45) is 0 Å². The van der Waals surface area contributed by atoms with Gasteiger partial charge in [0.2, 0.25) is 10.0 Å². The van der Waals surface area contributed by atoms with Crippen LogP contribution in [0.5, 0.6) is 0 Å². The summed E-state index contributed by atoms with van der Waals surface area (Å²) >= 11 is 0. The lowest BCUT2D eigenvalue weighted by atomic mass is 10.1. The number of aliphatic carboxylic acids is 1. The van der Waals surface area contributed by atoms with E-state index in [0.717, 1.165) is 12.8 Å². The second-order valence-corrected chi connectivity index (χ2v) is 7.82. The molecule has 0 aromatic heterocycles. The summed E-state index contributed by atoms with van der Waals surface area (Å²) < 4.78 is 26.9. The van der Waals surface area contributed by atoms with Crippen molar-refractivity contribution in [1.82, 2.24) is 4.72 Å². The number of carbonyl (C=O) groups is 1. The summed E-state index contributed by atoms with van der Waals surface area (Å²) in [7, 11) is -3.48. The van der Waals surface area contributed by atoms with E-state index in [1.54, 1.807) is 12.1 Å². The normalized spacial score (nSPS) is 11.5. The molecule has 6 heteroatoms. The largest absolute Gasteiger partial charge is 0.481 e. The molecule has 0 amide bonds. The molecule has 0 aliphatic heterocycles. The van der Waals surface area contributed by atoms with Gasteiger partial charge in [0.15, 0.2) is 0 Å². The molecule has 0 aliphatic rings. The number of nitrogens with one attached hydrogen (secondary N) is 1. The fourth-order valence-electron chi connectivity index (χ4n) is 2.46. The van der Waals surface area contributed by atoms with Gasteiger partial charge in [-0.05, 0) is 43.4 Å². The Labute approximate surface area is 145 Å². The Morgan fingerprint density at radius 1 is 1.00 bits per heavy atom. The smallest absolute Gasteiger partial charge is 0.303 e. The van der Waals surface area contributed by atoms with Crippen LogP contribution in [0.15, 0.2) is 29.2 Å². The maximum atomic E-state index is 12.2. The maximum Gasteiger partial charge on any atom is 0.303 e. The highest BCUT2D eigenvalue weighted by molar-refractivity contribution is 7.89. The Balaban J connectivity index is 2.36. The van der Waals surface area contributed by atoms with E-state index in [0.29, 0.717) is 25.8 Å². The van der Waals surface area contributed by atoms with Crippen molar-refractivity contribution in [3.05, 3.63) is 29.8 Å². The quantitative estimate of drug-likeness (QED) is 0.528. The number of benzene rings is 1. The molecule has 0 saturated carbocycles. The summed E-state index contributed by atoms with van der Waals surface area (Å²) in [5.41, 5.74) is 1.17. The Bertz CT molecular complexity index is 582. The van der Waals surface area contributed by atoms with Gasteiger partial charge < -0.3 is 5.11 Å². The van der Waals surface area contributed by atoms with Gasteiger partial charge in [0, 0.05) is 13.0 Å². The van der Waals surface area contributed by atoms with Gasteiger partial charge in [-0.2, -0.15) is 0 Å². The lowest BCUT2D eigenvalue weighted by Gasteiger charge is -2.08. The zero-order chi connectivity index (χ0) is 17.8. The standard InChI is InChI=1S/C18H29NO4S/c1-2-3-4-6-9-16-11-13-17(14-12-16)24(22,23)19-15-8-5-7-10-18(20)21/h11-14,19H,2-10,15H2,1H3,(H,20,21). The molecular weight excluding hydrogens is 326 g/mol. The van der Waals surface area contributed by atoms with Crippen molar-refractivity contribution in [1.29, 1.82) is 0 Å². The minimum absolute atomic E-state index is 0.131. The Hall–Kier alpha value is -1.40. The van der Waals surface area contributed by atoms with E-state index < -0.39 is 16.0 Å². The Morgan fingerprint density at radius 3 is 2.29 bits per heavy atom. The molecule has 5 nitrogen and oxygen atoms in total. The molecule has 1 aromatic rings. The molecule has 2 N–H and O–H groups in total. The van der Waals surface area contributed by atoms with Crippen LogP contribution in [0.4, 0.5) is 0 Å². The lowest BCUT2D eigenvalue weighted by Crippen LogP contribution is -2.24. The average molecular weight is 356 g/mol. The molecule has 1 aromatic carbocycles. The van der Waals surface area contributed by atoms with Crippen molar-refractivity contribution >= 4 is 16.0 Å². The zero-order valence-electron chi connectivity index (χ0n) is 14.5. The summed E-state index contributed by atoms with van der Waals surface area (Å²) in [5, 5.41) is 8.54. The van der Waals surface area contributed by atoms with Gasteiger partial charge in [-0.3, -0.25) is 4.79 Å². The van der Waals surface area contributed by atoms with Crippen molar-refractivity contribution < 1.29 is 18.3 Å². The number of hydrogen-bond donors (Lipinski definition) is 2. The number of unbranched alkanes of at least 4 members (excludes halogenated alkanes) is 5. The van der Waals surface area contributed by atoms with E-state index >= 15 is 0 Å². The highest BCUT2D eigenvalue weighted by atomic mass is 32.2. The fourth-order valence-corrected chi connectivity index (χ4v) is 3.53. The molecule has 0 aliphatic carbocycles. The van der Waals surface area contributed by atoms with Crippen molar-refractivity contribution in [3.8, 4) is 0 Å². The summed E-state index contributed by atoms with van der Waals surface area (Å²) in [6, 6.07) is 7.07. The SMILES string of the molecule is CCCCCCc1ccc(S(=O)(=O)NCCCCCC(=O)O)cc1. The average Bonchev–Trinajstić information content (AvgIpc) is 2.55. The second-order valence-electron chi connectivity index (χ2n) is 6.06. The molecule has 0 atom stereocenters. The van der Waals surface area contributed by atoms with Crippen LogP contribution in [-0.2, 0) is 21.2 Å². The maximum absolute atomic E-state index is 12.2. The first-order valence-electron chi connectivity index (χ1n) is 8.76. The van der Waals surface area contributed by atoms with E-state index in [1.165, 1.54) is 24.8 Å². The molecule has 24 heavy (non-hydrogen) atoms. The number of carboxylic acid groups (broad SMARTS) is 1. The third-order valence-corrected chi connectivity index (χ3v) is 5.39. The highest BCUT2D eigenvalue weighted by Gasteiger charge is 2.12. The van der Waals surface area contributed by atoms with Crippen LogP contribution in [0.2, 0.25) is 0 Å². The van der Waals surface area contributed by atoms with Crippen LogP contribution in [0.25, 0.3) is 0 Å². The van der Waals surface area contributed by atoms with E-state index in [4.69, 9.17) is 5.11 Å². The molecule has 0 fully saturated rings. The van der Waals surface area contributed by atoms with Gasteiger partial charge in [0.1, 0.15) is 0 Å². The predicted molar refractivity (Wildman–Crippen MR) is 95.6 cm³/mol. The Morgan fingerprint density at radius 2 is 1.67 bits per heavy atom. The summed E-state index contributed by atoms with van der Waals surface area (Å²) in [6.07, 6.45) is 7.82. The minimum Gasteiger partial charge on any atom is -0.481 e. The summed E-state index contributed by atoms with van der Waals surface area (Å²) in [6.45, 7) is 2.51. The lowest BCUT2D eigenvalue weighted by molar-refractivity contribution is -0.137. The van der Waals surface area contributed by atoms with Crippen LogP contribution >= 0.6 is 0 Å². The highest BCUT2D eigenvalue weighted by Crippen LogP contribution is 2.13. The monoisotopic (exact) mass is 355 g/mol. The van der Waals surface area contributed by atoms with Crippen LogP contribution in [0.1, 0.15) is 63.9 Å². The minimum atomic E-state index is -3.48. The van der Waals surface area contributed by atoms with Gasteiger partial charge in [-0.15, -0.1) is 0 Å². The first-order chi connectivity index (χ1) is 11.5. The third kappa shape index (κ3) is 8.45. The van der Waals surface area contributed by atoms with Crippen LogP contribution in [-0.4, -0.2) is 26.0 Å². The van der Waals surface area contributed by atoms with Gasteiger partial charge in [0.25, 0.3) is 0 Å². The Kier molecular flexibility index (Phi) is 9.64. The second kappa shape index (κ2) is 11.2. The first-order valence-corrected chi connectivity index (χ1v) is 10.2. The van der Waals surface area contributed by atoms with Crippen molar-refractivity contribution in [3.63, 3.8) is 0 Å². The van der Waals surface area contributed by atoms with Gasteiger partial charge in [-0.1, -0.05) is 44.7 Å². The number of sulfonamides is 1. The summed E-state index contributed by atoms with van der Waals surface area (Å²) in [4.78, 5) is 10.7. The van der Waals surface area contributed by atoms with E-state index in [1.807, 2.05) is 12.1 Å². The predicted octanol–water partition coefficient (Wildman–Crippen LogP) is 3.73. The topological polar surface area (TPSA) is 83.5 Å². The number of hydrogen-bond acceptors (Lipinski definition) is 3. The molecule has 0 bridgehead atoms. The molecule has 1 rings (SSSR count).